The van der Waals surface area contributed by atoms with E-state index < -0.39 is 17.6 Å². The van der Waals surface area contributed by atoms with E-state index in [1.807, 2.05) is 58.8 Å². The van der Waals surface area contributed by atoms with Crippen LogP contribution in [0.2, 0.25) is 0 Å². The predicted molar refractivity (Wildman–Crippen MR) is 127 cm³/mol. The minimum atomic E-state index is -4.49. The van der Waals surface area contributed by atoms with Crippen LogP contribution in [-0.4, -0.2) is 38.1 Å². The van der Waals surface area contributed by atoms with Crippen LogP contribution in [0.4, 0.5) is 18.9 Å². The Bertz CT molecular complexity index is 1320. The first-order valence-electron chi connectivity index (χ1n) is 10.5. The number of rotatable bonds is 8. The molecule has 1 amide bonds. The Hall–Kier alpha value is -3.73. The summed E-state index contributed by atoms with van der Waals surface area (Å²) < 4.78 is 47.9. The molecule has 0 aliphatic carbocycles. The van der Waals surface area contributed by atoms with Gasteiger partial charge in [0.1, 0.15) is 11.6 Å². The smallest absolute Gasteiger partial charge is 0.416 e. The Morgan fingerprint density at radius 3 is 2.51 bits per heavy atom. The summed E-state index contributed by atoms with van der Waals surface area (Å²) in [4.78, 5) is 12.5. The van der Waals surface area contributed by atoms with Gasteiger partial charge in [0.2, 0.25) is 5.91 Å². The molecule has 0 saturated heterocycles. The van der Waals surface area contributed by atoms with E-state index in [1.165, 1.54) is 12.1 Å². The second-order valence-corrected chi connectivity index (χ2v) is 8.58. The van der Waals surface area contributed by atoms with Crippen LogP contribution in [0.3, 0.4) is 0 Å². The molecule has 0 radical (unpaired) electrons. The van der Waals surface area contributed by atoms with Gasteiger partial charge >= 0.3 is 6.18 Å². The lowest BCUT2D eigenvalue weighted by atomic mass is 10.2. The van der Waals surface area contributed by atoms with Gasteiger partial charge in [-0.2, -0.15) is 13.2 Å². The molecule has 2 heterocycles. The molecule has 0 bridgehead atoms. The molecule has 1 N–H and O–H groups in total. The van der Waals surface area contributed by atoms with E-state index in [0.717, 1.165) is 35.3 Å². The van der Waals surface area contributed by atoms with Crippen molar-refractivity contribution < 1.29 is 22.7 Å². The SMILES string of the molecule is COc1ccc(-n2c(Cc3cccn3C)nnc2SCC(=O)Nc2cccc(C(F)(F)F)c2)cc1. The first kappa shape index (κ1) is 24.4. The number of thioether (sulfide) groups is 1. The van der Waals surface area contributed by atoms with E-state index in [4.69, 9.17) is 4.74 Å². The zero-order chi connectivity index (χ0) is 25.0. The summed E-state index contributed by atoms with van der Waals surface area (Å²) in [7, 11) is 3.52. The zero-order valence-corrected chi connectivity index (χ0v) is 19.7. The summed E-state index contributed by atoms with van der Waals surface area (Å²) in [5.41, 5.74) is 1.07. The summed E-state index contributed by atoms with van der Waals surface area (Å²) in [6.45, 7) is 0. The third-order valence-corrected chi connectivity index (χ3v) is 6.16. The standard InChI is InChI=1S/C24H22F3N5O2S/c1-31-12-4-7-19(31)14-21-29-30-23(32(21)18-8-10-20(34-2)11-9-18)35-15-22(33)28-17-6-3-5-16(13-17)24(25,26)27/h3-13H,14-15H2,1-2H3,(H,28,33). The Kier molecular flexibility index (Phi) is 7.15. The van der Waals surface area contributed by atoms with E-state index in [-0.39, 0.29) is 11.4 Å². The maximum absolute atomic E-state index is 12.9. The molecular formula is C24H22F3N5O2S. The quantitative estimate of drug-likeness (QED) is 0.346. The van der Waals surface area contributed by atoms with Crippen LogP contribution < -0.4 is 10.1 Å². The molecule has 0 unspecified atom stereocenters. The van der Waals surface area contributed by atoms with E-state index in [2.05, 4.69) is 15.5 Å². The summed E-state index contributed by atoms with van der Waals surface area (Å²) in [6, 6.07) is 15.8. The van der Waals surface area contributed by atoms with E-state index in [9.17, 15) is 18.0 Å². The fourth-order valence-electron chi connectivity index (χ4n) is 3.44. The summed E-state index contributed by atoms with van der Waals surface area (Å²) >= 11 is 1.14. The van der Waals surface area contributed by atoms with Gasteiger partial charge in [0.25, 0.3) is 0 Å². The van der Waals surface area contributed by atoms with Crippen molar-refractivity contribution in [1.82, 2.24) is 19.3 Å². The first-order chi connectivity index (χ1) is 16.7. The van der Waals surface area contributed by atoms with Gasteiger partial charge in [-0.05, 0) is 54.6 Å². The first-order valence-corrected chi connectivity index (χ1v) is 11.5. The number of halogens is 3. The highest BCUT2D eigenvalue weighted by molar-refractivity contribution is 7.99. The Morgan fingerprint density at radius 2 is 1.86 bits per heavy atom. The zero-order valence-electron chi connectivity index (χ0n) is 18.9. The maximum atomic E-state index is 12.9. The number of aryl methyl sites for hydroxylation is 1. The van der Waals surface area contributed by atoms with E-state index >= 15 is 0 Å². The Morgan fingerprint density at radius 1 is 1.09 bits per heavy atom. The fraction of sp³-hybridized carbons (Fsp3) is 0.208. The van der Waals surface area contributed by atoms with Crippen LogP contribution in [0, 0.1) is 0 Å². The van der Waals surface area contributed by atoms with Crippen LogP contribution in [-0.2, 0) is 24.4 Å². The lowest BCUT2D eigenvalue weighted by Gasteiger charge is -2.12. The fourth-order valence-corrected chi connectivity index (χ4v) is 4.21. The number of nitrogens with zero attached hydrogens (tertiary/aromatic N) is 4. The number of carbonyl (C=O) groups excluding carboxylic acids is 1. The minimum Gasteiger partial charge on any atom is -0.497 e. The second-order valence-electron chi connectivity index (χ2n) is 7.63. The van der Waals surface area contributed by atoms with Gasteiger partial charge in [0, 0.05) is 36.7 Å². The van der Waals surface area contributed by atoms with Crippen molar-refractivity contribution in [3.8, 4) is 11.4 Å². The topological polar surface area (TPSA) is 74.0 Å². The van der Waals surface area contributed by atoms with Crippen molar-refractivity contribution in [3.05, 3.63) is 83.9 Å². The molecule has 2 aromatic heterocycles. The number of benzene rings is 2. The number of carbonyl (C=O) groups is 1. The van der Waals surface area contributed by atoms with Gasteiger partial charge in [-0.3, -0.25) is 9.36 Å². The van der Waals surface area contributed by atoms with Crippen molar-refractivity contribution in [2.45, 2.75) is 17.8 Å². The highest BCUT2D eigenvalue weighted by Crippen LogP contribution is 2.31. The molecule has 4 aromatic rings. The number of ether oxygens (including phenoxy) is 1. The minimum absolute atomic E-state index is 0.0608. The Labute approximate surface area is 203 Å². The normalized spacial score (nSPS) is 11.5. The van der Waals surface area contributed by atoms with Crippen molar-refractivity contribution >= 4 is 23.4 Å². The largest absolute Gasteiger partial charge is 0.497 e. The number of hydrogen-bond donors (Lipinski definition) is 1. The van der Waals surface area contributed by atoms with Crippen molar-refractivity contribution in [2.24, 2.45) is 7.05 Å². The van der Waals surface area contributed by atoms with Crippen molar-refractivity contribution in [2.75, 3.05) is 18.2 Å². The van der Waals surface area contributed by atoms with Gasteiger partial charge in [-0.1, -0.05) is 17.8 Å². The molecule has 4 rings (SSSR count). The Balaban J connectivity index is 1.54. The molecule has 35 heavy (non-hydrogen) atoms. The highest BCUT2D eigenvalue weighted by atomic mass is 32.2. The van der Waals surface area contributed by atoms with Crippen molar-refractivity contribution in [1.29, 1.82) is 0 Å². The highest BCUT2D eigenvalue weighted by Gasteiger charge is 2.30. The average molecular weight is 502 g/mol. The summed E-state index contributed by atoms with van der Waals surface area (Å²) in [5, 5.41) is 11.6. The van der Waals surface area contributed by atoms with Crippen LogP contribution in [0.5, 0.6) is 5.75 Å². The number of nitrogens with one attached hydrogen (secondary N) is 1. The van der Waals surface area contributed by atoms with E-state index in [0.29, 0.717) is 23.2 Å². The molecular weight excluding hydrogens is 479 g/mol. The molecule has 0 spiro atoms. The molecule has 0 atom stereocenters. The molecule has 0 aliphatic heterocycles. The van der Waals surface area contributed by atoms with Crippen LogP contribution >= 0.6 is 11.8 Å². The molecule has 11 heteroatoms. The number of anilines is 1. The third-order valence-electron chi connectivity index (χ3n) is 5.23. The van der Waals surface area contributed by atoms with Gasteiger partial charge in [-0.25, -0.2) is 0 Å². The molecule has 0 fully saturated rings. The lowest BCUT2D eigenvalue weighted by molar-refractivity contribution is -0.137. The molecule has 2 aromatic carbocycles. The molecule has 182 valence electrons. The van der Waals surface area contributed by atoms with Crippen LogP contribution in [0.25, 0.3) is 5.69 Å². The number of amides is 1. The molecule has 7 nitrogen and oxygen atoms in total. The number of methoxy groups -OCH3 is 1. The predicted octanol–water partition coefficient (Wildman–Crippen LogP) is 4.95. The third kappa shape index (κ3) is 5.86. The second kappa shape index (κ2) is 10.3. The number of alkyl halides is 3. The van der Waals surface area contributed by atoms with Gasteiger partial charge < -0.3 is 14.6 Å². The summed E-state index contributed by atoms with van der Waals surface area (Å²) in [5.74, 6) is 0.857. The average Bonchev–Trinajstić information content (AvgIpc) is 3.43. The van der Waals surface area contributed by atoms with Gasteiger partial charge in [0.05, 0.1) is 18.4 Å². The maximum Gasteiger partial charge on any atom is 0.416 e. The monoisotopic (exact) mass is 501 g/mol. The van der Waals surface area contributed by atoms with E-state index in [1.54, 1.807) is 7.11 Å². The number of hydrogen-bond acceptors (Lipinski definition) is 5. The summed E-state index contributed by atoms with van der Waals surface area (Å²) in [6.07, 6.45) is -2.03. The van der Waals surface area contributed by atoms with Gasteiger partial charge in [-0.15, -0.1) is 10.2 Å². The van der Waals surface area contributed by atoms with Crippen molar-refractivity contribution in [3.63, 3.8) is 0 Å². The molecule has 0 aliphatic rings. The van der Waals surface area contributed by atoms with Gasteiger partial charge in [0.15, 0.2) is 5.16 Å². The van der Waals surface area contributed by atoms with Crippen LogP contribution in [0.15, 0.2) is 72.0 Å². The number of aromatic nitrogens is 4. The van der Waals surface area contributed by atoms with Crippen LogP contribution in [0.1, 0.15) is 17.1 Å². The molecule has 0 saturated carbocycles. The lowest BCUT2D eigenvalue weighted by Crippen LogP contribution is -2.15.